The number of aliphatic hydroxyl groups is 1. The molecule has 3 rings (SSSR count). The van der Waals surface area contributed by atoms with Crippen molar-refractivity contribution in [3.8, 4) is 0 Å². The summed E-state index contributed by atoms with van der Waals surface area (Å²) >= 11 is 0. The summed E-state index contributed by atoms with van der Waals surface area (Å²) in [5.41, 5.74) is 0.580. The van der Waals surface area contributed by atoms with E-state index in [2.05, 4.69) is 20.1 Å². The van der Waals surface area contributed by atoms with Crippen LogP contribution in [0.2, 0.25) is 0 Å². The second kappa shape index (κ2) is 8.63. The molecule has 25 heavy (non-hydrogen) atoms. The Bertz CT molecular complexity index is 589. The summed E-state index contributed by atoms with van der Waals surface area (Å²) in [5, 5.41) is 13.5. The van der Waals surface area contributed by atoms with Crippen LogP contribution in [0, 0.1) is 11.7 Å². The van der Waals surface area contributed by atoms with Gasteiger partial charge in [0.2, 0.25) is 0 Å². The SMILES string of the molecule is CN=C(NCC(O)c1cccc(F)c1)N1CCC(CN2CCCC2)C1. The van der Waals surface area contributed by atoms with Crippen LogP contribution in [-0.4, -0.2) is 67.2 Å². The van der Waals surface area contributed by atoms with E-state index in [0.29, 0.717) is 18.0 Å². The van der Waals surface area contributed by atoms with Gasteiger partial charge in [-0.2, -0.15) is 0 Å². The first kappa shape index (κ1) is 18.1. The number of aliphatic imine (C=N–C) groups is 1. The Labute approximate surface area is 149 Å². The first-order chi connectivity index (χ1) is 12.2. The minimum Gasteiger partial charge on any atom is -0.387 e. The quantitative estimate of drug-likeness (QED) is 0.630. The van der Waals surface area contributed by atoms with Crippen molar-refractivity contribution in [1.29, 1.82) is 0 Å². The van der Waals surface area contributed by atoms with E-state index in [-0.39, 0.29) is 5.82 Å². The summed E-state index contributed by atoms with van der Waals surface area (Å²) in [7, 11) is 1.77. The molecular formula is C19H29FN4O. The van der Waals surface area contributed by atoms with Crippen LogP contribution in [0.25, 0.3) is 0 Å². The molecule has 2 aliphatic heterocycles. The van der Waals surface area contributed by atoms with Crippen LogP contribution in [0.15, 0.2) is 29.3 Å². The Morgan fingerprint density at radius 3 is 2.88 bits per heavy atom. The number of aliphatic hydroxyl groups excluding tert-OH is 1. The molecular weight excluding hydrogens is 319 g/mol. The van der Waals surface area contributed by atoms with Crippen molar-refractivity contribution in [2.75, 3.05) is 46.3 Å². The first-order valence-electron chi connectivity index (χ1n) is 9.27. The summed E-state index contributed by atoms with van der Waals surface area (Å²) in [6, 6.07) is 6.11. The van der Waals surface area contributed by atoms with Gasteiger partial charge in [-0.1, -0.05) is 12.1 Å². The van der Waals surface area contributed by atoms with Crippen molar-refractivity contribution in [3.63, 3.8) is 0 Å². The van der Waals surface area contributed by atoms with E-state index in [1.807, 2.05) is 0 Å². The van der Waals surface area contributed by atoms with Gasteiger partial charge in [0.25, 0.3) is 0 Å². The van der Waals surface area contributed by atoms with Gasteiger partial charge < -0.3 is 20.2 Å². The standard InChI is InChI=1S/C19H29FN4O/c1-21-19(22-12-18(25)16-5-4-6-17(20)11-16)24-10-7-15(14-24)13-23-8-2-3-9-23/h4-6,11,15,18,25H,2-3,7-10,12-14H2,1H3,(H,21,22). The maximum atomic E-state index is 13.3. The minimum absolute atomic E-state index is 0.323. The van der Waals surface area contributed by atoms with Gasteiger partial charge in [-0.3, -0.25) is 4.99 Å². The molecule has 2 unspecified atom stereocenters. The zero-order valence-electron chi connectivity index (χ0n) is 15.0. The fraction of sp³-hybridized carbons (Fsp3) is 0.632. The van der Waals surface area contributed by atoms with Gasteiger partial charge in [0.15, 0.2) is 5.96 Å². The first-order valence-corrected chi connectivity index (χ1v) is 9.27. The lowest BCUT2D eigenvalue weighted by Gasteiger charge is -2.24. The zero-order valence-corrected chi connectivity index (χ0v) is 15.0. The highest BCUT2D eigenvalue weighted by atomic mass is 19.1. The lowest BCUT2D eigenvalue weighted by Crippen LogP contribution is -2.42. The lowest BCUT2D eigenvalue weighted by molar-refractivity contribution is 0.179. The summed E-state index contributed by atoms with van der Waals surface area (Å²) in [6.45, 7) is 5.98. The van der Waals surface area contributed by atoms with E-state index in [1.54, 1.807) is 19.2 Å². The molecule has 2 saturated heterocycles. The van der Waals surface area contributed by atoms with Crippen molar-refractivity contribution >= 4 is 5.96 Å². The molecule has 6 heteroatoms. The zero-order chi connectivity index (χ0) is 17.6. The maximum absolute atomic E-state index is 13.3. The average Bonchev–Trinajstić information content (AvgIpc) is 3.28. The second-order valence-corrected chi connectivity index (χ2v) is 7.11. The molecule has 2 aliphatic rings. The highest BCUT2D eigenvalue weighted by Gasteiger charge is 2.27. The third kappa shape index (κ3) is 4.92. The number of guanidine groups is 1. The van der Waals surface area contributed by atoms with Crippen LogP contribution in [0.4, 0.5) is 4.39 Å². The molecule has 2 atom stereocenters. The van der Waals surface area contributed by atoms with Crippen LogP contribution in [-0.2, 0) is 0 Å². The molecule has 2 fully saturated rings. The monoisotopic (exact) mass is 348 g/mol. The predicted octanol–water partition coefficient (Wildman–Crippen LogP) is 1.85. The normalized spacial score (nSPS) is 23.2. The summed E-state index contributed by atoms with van der Waals surface area (Å²) < 4.78 is 13.3. The molecule has 0 radical (unpaired) electrons. The number of rotatable bonds is 5. The Balaban J connectivity index is 1.47. The van der Waals surface area contributed by atoms with Gasteiger partial charge in [0.1, 0.15) is 5.82 Å². The smallest absolute Gasteiger partial charge is 0.193 e. The molecule has 138 valence electrons. The highest BCUT2D eigenvalue weighted by molar-refractivity contribution is 5.80. The molecule has 0 aromatic heterocycles. The van der Waals surface area contributed by atoms with E-state index in [0.717, 1.165) is 19.0 Å². The Morgan fingerprint density at radius 2 is 2.16 bits per heavy atom. The van der Waals surface area contributed by atoms with Crippen molar-refractivity contribution in [3.05, 3.63) is 35.6 Å². The third-order valence-electron chi connectivity index (χ3n) is 5.20. The van der Waals surface area contributed by atoms with Gasteiger partial charge >= 0.3 is 0 Å². The fourth-order valence-corrected chi connectivity index (χ4v) is 3.86. The van der Waals surface area contributed by atoms with Gasteiger partial charge in [0.05, 0.1) is 6.10 Å². The molecule has 2 heterocycles. The van der Waals surface area contributed by atoms with Crippen LogP contribution < -0.4 is 5.32 Å². The van der Waals surface area contributed by atoms with Crippen LogP contribution in [0.3, 0.4) is 0 Å². The predicted molar refractivity (Wildman–Crippen MR) is 98.1 cm³/mol. The number of benzene rings is 1. The van der Waals surface area contributed by atoms with Crippen LogP contribution in [0.1, 0.15) is 30.9 Å². The molecule has 2 N–H and O–H groups in total. The van der Waals surface area contributed by atoms with Crippen molar-refractivity contribution in [2.45, 2.75) is 25.4 Å². The van der Waals surface area contributed by atoms with Gasteiger partial charge in [-0.05, 0) is 56.0 Å². The fourth-order valence-electron chi connectivity index (χ4n) is 3.86. The molecule has 1 aromatic rings. The molecule has 5 nitrogen and oxygen atoms in total. The maximum Gasteiger partial charge on any atom is 0.193 e. The Hall–Kier alpha value is -1.66. The second-order valence-electron chi connectivity index (χ2n) is 7.11. The van der Waals surface area contributed by atoms with Crippen LogP contribution >= 0.6 is 0 Å². The molecule has 1 aromatic carbocycles. The molecule has 0 saturated carbocycles. The molecule has 0 spiro atoms. The number of hydrogen-bond donors (Lipinski definition) is 2. The number of nitrogens with one attached hydrogen (secondary N) is 1. The van der Waals surface area contributed by atoms with E-state index < -0.39 is 6.10 Å². The highest BCUT2D eigenvalue weighted by Crippen LogP contribution is 2.20. The topological polar surface area (TPSA) is 51.1 Å². The third-order valence-corrected chi connectivity index (χ3v) is 5.20. The molecule has 0 amide bonds. The van der Waals surface area contributed by atoms with Crippen LogP contribution in [0.5, 0.6) is 0 Å². The minimum atomic E-state index is -0.754. The van der Waals surface area contributed by atoms with E-state index in [9.17, 15) is 9.50 Å². The number of halogens is 1. The van der Waals surface area contributed by atoms with E-state index in [4.69, 9.17) is 0 Å². The molecule has 0 aliphatic carbocycles. The Kier molecular flexibility index (Phi) is 6.26. The van der Waals surface area contributed by atoms with Crippen molar-refractivity contribution in [1.82, 2.24) is 15.1 Å². The number of hydrogen-bond acceptors (Lipinski definition) is 3. The van der Waals surface area contributed by atoms with Gasteiger partial charge in [-0.15, -0.1) is 0 Å². The van der Waals surface area contributed by atoms with Gasteiger partial charge in [0, 0.05) is 33.2 Å². The van der Waals surface area contributed by atoms with Gasteiger partial charge in [-0.25, -0.2) is 4.39 Å². The molecule has 0 bridgehead atoms. The summed E-state index contributed by atoms with van der Waals surface area (Å²) in [4.78, 5) is 9.18. The summed E-state index contributed by atoms with van der Waals surface area (Å²) in [6.07, 6.45) is 3.09. The number of likely N-dealkylation sites (tertiary alicyclic amines) is 2. The Morgan fingerprint density at radius 1 is 1.36 bits per heavy atom. The average molecular weight is 348 g/mol. The van der Waals surface area contributed by atoms with E-state index in [1.165, 1.54) is 51.0 Å². The summed E-state index contributed by atoms with van der Waals surface area (Å²) in [5.74, 6) is 1.18. The van der Waals surface area contributed by atoms with E-state index >= 15 is 0 Å². The van der Waals surface area contributed by atoms with Crippen molar-refractivity contribution < 1.29 is 9.50 Å². The largest absolute Gasteiger partial charge is 0.387 e. The lowest BCUT2D eigenvalue weighted by atomic mass is 10.1. The van der Waals surface area contributed by atoms with Crippen molar-refractivity contribution in [2.24, 2.45) is 10.9 Å². The number of nitrogens with zero attached hydrogens (tertiary/aromatic N) is 3.